The molecule has 0 spiro atoms. The van der Waals surface area contributed by atoms with Crippen LogP contribution in [0.4, 0.5) is 10.5 Å². The fourth-order valence-corrected chi connectivity index (χ4v) is 9.91. The van der Waals surface area contributed by atoms with Gasteiger partial charge in [0, 0.05) is 43.4 Å². The number of carbonyl (C=O) groups is 2. The second-order valence-electron chi connectivity index (χ2n) is 19.3. The molecule has 0 saturated carbocycles. The summed E-state index contributed by atoms with van der Waals surface area (Å²) in [5, 5.41) is 12.0. The van der Waals surface area contributed by atoms with Gasteiger partial charge in [-0.2, -0.15) is 0 Å². The number of aldehydes is 1. The van der Waals surface area contributed by atoms with Crippen LogP contribution in [0.25, 0.3) is 6.08 Å². The smallest absolute Gasteiger partial charge is 0.410 e. The number of ether oxygens (including phenoxy) is 7. The van der Waals surface area contributed by atoms with Crippen LogP contribution >= 0.6 is 0 Å². The van der Waals surface area contributed by atoms with E-state index in [1.54, 1.807) is 83.8 Å². The first-order chi connectivity index (χ1) is 39.0. The molecule has 2 aliphatic rings. The summed E-state index contributed by atoms with van der Waals surface area (Å²) < 4.78 is 65.9. The largest absolute Gasteiger partial charge is 0.493 e. The molecule has 0 radical (unpaired) electrons. The molecule has 0 aliphatic carbocycles. The molecular weight excluding hydrogens is 1080 g/mol. The first-order valence-electron chi connectivity index (χ1n) is 25.8. The summed E-state index contributed by atoms with van der Waals surface area (Å²) in [6.45, 7) is 7.17. The number of methoxy groups -OCH3 is 4. The normalized spacial score (nSPS) is 14.1. The van der Waals surface area contributed by atoms with Crippen molar-refractivity contribution in [3.8, 4) is 35.0 Å². The molecule has 5 aromatic carbocycles. The van der Waals surface area contributed by atoms with Gasteiger partial charge in [0.05, 0.1) is 57.5 Å². The van der Waals surface area contributed by atoms with Gasteiger partial charge in [0.15, 0.2) is 29.3 Å². The lowest BCUT2D eigenvalue weighted by Gasteiger charge is -2.38. The first kappa shape index (κ1) is 64.9. The zero-order valence-electron chi connectivity index (χ0n) is 47.0. The number of nitrogens with zero attached hydrogens (tertiary/aromatic N) is 6. The van der Waals surface area contributed by atoms with E-state index in [4.69, 9.17) is 39.7 Å². The molecule has 83 heavy (non-hydrogen) atoms. The Bertz CT molecular complexity index is 3340. The van der Waals surface area contributed by atoms with Crippen molar-refractivity contribution >= 4 is 39.1 Å². The van der Waals surface area contributed by atoms with Crippen LogP contribution in [0.3, 0.4) is 0 Å². The number of aromatic nitrogens is 4. The van der Waals surface area contributed by atoms with Crippen molar-refractivity contribution in [1.29, 1.82) is 5.41 Å². The van der Waals surface area contributed by atoms with Gasteiger partial charge in [0.2, 0.25) is 15.0 Å². The zero-order chi connectivity index (χ0) is 57.9. The van der Waals surface area contributed by atoms with Crippen LogP contribution in [0, 0.1) is 5.41 Å². The predicted octanol–water partition coefficient (Wildman–Crippen LogP) is 9.91. The van der Waals surface area contributed by atoms with Crippen LogP contribution in [0.2, 0.25) is 0 Å². The van der Waals surface area contributed by atoms with Crippen LogP contribution < -0.4 is 50.7 Å². The Kier molecular flexibility index (Phi) is 24.0. The molecule has 2 aromatic heterocycles. The molecule has 21 nitrogen and oxygen atoms in total. The highest BCUT2D eigenvalue weighted by atomic mass is 32.2. The number of hydrogen-bond acceptors (Lipinski definition) is 19. The summed E-state index contributed by atoms with van der Waals surface area (Å²) in [6.07, 6.45) is 11.8. The number of amides is 1. The van der Waals surface area contributed by atoms with Crippen LogP contribution in [0.1, 0.15) is 89.6 Å². The average Bonchev–Trinajstić information content (AvgIpc) is 3.66. The number of sulfone groups is 1. The van der Waals surface area contributed by atoms with Crippen molar-refractivity contribution in [3.63, 3.8) is 0 Å². The van der Waals surface area contributed by atoms with Crippen molar-refractivity contribution in [3.05, 3.63) is 191 Å². The molecule has 7 aromatic rings. The number of rotatable bonds is 16. The molecule has 2 atom stereocenters. The van der Waals surface area contributed by atoms with Crippen LogP contribution in [-0.2, 0) is 40.6 Å². The van der Waals surface area contributed by atoms with Gasteiger partial charge in [0.1, 0.15) is 18.8 Å². The molecule has 22 heteroatoms. The van der Waals surface area contributed by atoms with Gasteiger partial charge in [-0.05, 0) is 103 Å². The maximum Gasteiger partial charge on any atom is 0.410 e. The summed E-state index contributed by atoms with van der Waals surface area (Å²) in [5.41, 5.74) is 6.86. The highest BCUT2D eigenvalue weighted by Crippen LogP contribution is 2.41. The topological polar surface area (TPSA) is 288 Å². The van der Waals surface area contributed by atoms with Gasteiger partial charge >= 0.3 is 18.1 Å². The summed E-state index contributed by atoms with van der Waals surface area (Å²) in [4.78, 5) is 40.5. The van der Waals surface area contributed by atoms with E-state index in [1.807, 2.05) is 60.7 Å². The molecule has 4 heterocycles. The molecule has 1 amide bonds. The number of hydrazine groups is 1. The molecule has 440 valence electrons. The van der Waals surface area contributed by atoms with E-state index >= 15 is 0 Å². The summed E-state index contributed by atoms with van der Waals surface area (Å²) in [7, 11) is 1.92. The summed E-state index contributed by atoms with van der Waals surface area (Å²) in [5.74, 6) is 7.87. The van der Waals surface area contributed by atoms with Crippen LogP contribution in [0.15, 0.2) is 146 Å². The second-order valence-corrected chi connectivity index (χ2v) is 21.3. The van der Waals surface area contributed by atoms with E-state index in [2.05, 4.69) is 60.3 Å². The zero-order valence-corrected chi connectivity index (χ0v) is 47.8. The number of anilines is 1. The van der Waals surface area contributed by atoms with Crippen LogP contribution in [-0.4, -0.2) is 104 Å². The average molecular weight is 1160 g/mol. The van der Waals surface area contributed by atoms with Gasteiger partial charge in [-0.15, -0.1) is 0 Å². The van der Waals surface area contributed by atoms with E-state index < -0.39 is 38.5 Å². The lowest BCUT2D eigenvalue weighted by atomic mass is 9.93. The SMILES string of the molecule is C.COc1cc2c(cc1OCc1ccccc1)CCN(C(=O)OC(C)(C)C)C2CS(=O)(=O)C(=N)N(N)c1ccccc1.COc1ncc(/C=C/C2NCCc3cc(OCc4ccccc4)c(OC)cc32)cn1.COc1ncc(C=O)cn1.N. The lowest BCUT2D eigenvalue weighted by Crippen LogP contribution is -2.48. The molecule has 2 aliphatic heterocycles. The number of amidine groups is 1. The maximum atomic E-state index is 13.6. The van der Waals surface area contributed by atoms with Gasteiger partial charge in [-0.1, -0.05) is 98.4 Å². The standard InChI is InChI=1S/C30H36N4O6S.C24H25N3O3.C6H6N2O2.CH4.H3N/c1-30(2,3)40-29(35)33-16-15-22-17-27(39-19-21-11-7-5-8-12-21)26(38-4)18-24(22)25(33)20-41(36,37)28(31)34(32)23-13-9-6-10-14-23;1-28-22-13-20-19(12-23(22)30-16-17-6-4-3-5-7-17)10-11-25-21(20)9-8-18-14-26-24(29-2)27-15-18;1-10-6-7-2-5(4-9)3-8-6;;/h5-14,17-18,25,31H,15-16,19-20,32H2,1-4H3;3-9,12-15,21,25H,10-11,16H2,1-2H3;2-4H,1H3;1H4;1H3/b;9-8+;;;. The van der Waals surface area contributed by atoms with Crippen molar-refractivity contribution in [2.75, 3.05) is 52.3 Å². The van der Waals surface area contributed by atoms with Crippen molar-refractivity contribution in [1.82, 2.24) is 36.3 Å². The van der Waals surface area contributed by atoms with E-state index in [9.17, 15) is 18.0 Å². The van der Waals surface area contributed by atoms with E-state index in [-0.39, 0.29) is 32.2 Å². The third kappa shape index (κ3) is 18.0. The second kappa shape index (κ2) is 30.7. The van der Waals surface area contributed by atoms with E-state index in [0.717, 1.165) is 51.7 Å². The van der Waals surface area contributed by atoms with Gasteiger partial charge in [0.25, 0.3) is 0 Å². The highest BCUT2D eigenvalue weighted by Gasteiger charge is 2.39. The van der Waals surface area contributed by atoms with Gasteiger partial charge < -0.3 is 44.6 Å². The number of benzene rings is 5. The predicted molar refractivity (Wildman–Crippen MR) is 319 cm³/mol. The molecular formula is C61H74N10O11S. The number of para-hydroxylation sites is 1. The number of nitrogens with two attached hydrogens (primary N) is 1. The quantitative estimate of drug-likeness (QED) is 0.0230. The minimum absolute atomic E-state index is 0. The first-order valence-corrected chi connectivity index (χ1v) is 27.4. The molecule has 0 bridgehead atoms. The molecule has 2 unspecified atom stereocenters. The molecule has 0 fully saturated rings. The van der Waals surface area contributed by atoms with Crippen molar-refractivity contribution < 1.29 is 51.2 Å². The fourth-order valence-electron chi connectivity index (χ4n) is 8.57. The summed E-state index contributed by atoms with van der Waals surface area (Å²) in [6, 6.07) is 35.6. The third-order valence-electron chi connectivity index (χ3n) is 12.6. The Labute approximate surface area is 485 Å². The fraction of sp³-hybridized carbons (Fsp3) is 0.295. The summed E-state index contributed by atoms with van der Waals surface area (Å²) >= 11 is 0. The van der Waals surface area contributed by atoms with Gasteiger partial charge in [-0.25, -0.2) is 39.0 Å². The number of hydrogen-bond donors (Lipinski definition) is 4. The molecule has 9 rings (SSSR count). The molecule has 7 N–H and O–H groups in total. The monoisotopic (exact) mass is 1150 g/mol. The van der Waals surface area contributed by atoms with Gasteiger partial charge in [-0.3, -0.25) is 20.1 Å². The Morgan fingerprint density at radius 3 is 1.67 bits per heavy atom. The number of fused-ring (bicyclic) bond motifs is 2. The molecule has 0 saturated heterocycles. The Morgan fingerprint density at radius 1 is 0.711 bits per heavy atom. The van der Waals surface area contributed by atoms with Crippen LogP contribution in [0.5, 0.6) is 35.0 Å². The maximum absolute atomic E-state index is 13.6. The Morgan fingerprint density at radius 2 is 1.19 bits per heavy atom. The van der Waals surface area contributed by atoms with E-state index in [0.29, 0.717) is 60.2 Å². The van der Waals surface area contributed by atoms with Crippen molar-refractivity contribution in [2.24, 2.45) is 5.84 Å². The third-order valence-corrected chi connectivity index (χ3v) is 14.1. The Balaban J connectivity index is 0.000000262. The number of carbonyl (C=O) groups excluding carboxylic acids is 2. The Hall–Kier alpha value is -8.96. The minimum atomic E-state index is -4.27. The highest BCUT2D eigenvalue weighted by molar-refractivity contribution is 8.06. The number of nitrogens with one attached hydrogen (secondary N) is 2. The van der Waals surface area contributed by atoms with Crippen molar-refractivity contribution in [2.45, 2.75) is 71.9 Å². The van der Waals surface area contributed by atoms with E-state index in [1.165, 1.54) is 42.6 Å². The minimum Gasteiger partial charge on any atom is -0.493 e. The lowest BCUT2D eigenvalue weighted by molar-refractivity contribution is 0.0162.